The van der Waals surface area contributed by atoms with Crippen molar-refractivity contribution in [1.29, 1.82) is 0 Å². The molecule has 3 aromatic rings. The smallest absolute Gasteiger partial charge is 0.260 e. The number of amides is 1. The van der Waals surface area contributed by atoms with Gasteiger partial charge >= 0.3 is 0 Å². The van der Waals surface area contributed by atoms with Crippen LogP contribution >= 0.6 is 21.6 Å². The number of nitrogens with one attached hydrogen (secondary N) is 1. The van der Waals surface area contributed by atoms with Gasteiger partial charge in [0, 0.05) is 48.9 Å². The molecular formula is C38H51N3O7S2. The number of ether oxygens (including phenoxy) is 5. The number of methoxy groups -OCH3 is 2. The summed E-state index contributed by atoms with van der Waals surface area (Å²) in [6, 6.07) is 16.1. The summed E-state index contributed by atoms with van der Waals surface area (Å²) in [6.07, 6.45) is 2.91. The van der Waals surface area contributed by atoms with Crippen LogP contribution in [0.4, 0.5) is 17.1 Å². The van der Waals surface area contributed by atoms with E-state index in [0.29, 0.717) is 63.2 Å². The normalized spacial score (nSPS) is 15.2. The number of carbonyl (C=O) groups is 1. The van der Waals surface area contributed by atoms with Crippen LogP contribution in [0.5, 0.6) is 11.5 Å². The summed E-state index contributed by atoms with van der Waals surface area (Å²) in [6.45, 7) is 11.4. The molecule has 0 spiro atoms. The third-order valence-electron chi connectivity index (χ3n) is 8.77. The van der Waals surface area contributed by atoms with E-state index in [4.69, 9.17) is 23.7 Å². The zero-order valence-corrected chi connectivity index (χ0v) is 31.7. The maximum absolute atomic E-state index is 13.9. The van der Waals surface area contributed by atoms with Crippen molar-refractivity contribution >= 4 is 44.6 Å². The number of aryl methyl sites for hydroxylation is 1. The van der Waals surface area contributed by atoms with Gasteiger partial charge in [-0.3, -0.25) is 4.79 Å². The van der Waals surface area contributed by atoms with Crippen LogP contribution in [0.2, 0.25) is 0 Å². The molecule has 272 valence electrons. The Morgan fingerprint density at radius 1 is 0.980 bits per heavy atom. The second kappa shape index (κ2) is 17.9. The molecule has 2 aliphatic rings. The lowest BCUT2D eigenvalue weighted by atomic mass is 10.1. The number of carbonyl (C=O) groups excluding carboxylic acids is 1. The van der Waals surface area contributed by atoms with Crippen LogP contribution in [-0.2, 0) is 33.8 Å². The summed E-state index contributed by atoms with van der Waals surface area (Å²) >= 11 is 0. The Bertz CT molecular complexity index is 1600. The van der Waals surface area contributed by atoms with Crippen LogP contribution in [0.1, 0.15) is 46.5 Å². The van der Waals surface area contributed by atoms with Crippen molar-refractivity contribution in [2.24, 2.45) is 0 Å². The van der Waals surface area contributed by atoms with Gasteiger partial charge in [0.1, 0.15) is 6.61 Å². The monoisotopic (exact) mass is 725 g/mol. The van der Waals surface area contributed by atoms with Gasteiger partial charge in [-0.1, -0.05) is 39.3 Å². The molecule has 0 fully saturated rings. The molecule has 0 bridgehead atoms. The van der Waals surface area contributed by atoms with Crippen LogP contribution in [0.15, 0.2) is 48.5 Å². The average molecular weight is 726 g/mol. The predicted molar refractivity (Wildman–Crippen MR) is 205 cm³/mol. The minimum atomic E-state index is -0.0957. The third-order valence-corrected chi connectivity index (χ3v) is 11.4. The highest BCUT2D eigenvalue weighted by Gasteiger charge is 2.38. The minimum absolute atomic E-state index is 0.0311. The topological polar surface area (TPSA) is 102 Å². The van der Waals surface area contributed by atoms with E-state index < -0.39 is 0 Å². The Morgan fingerprint density at radius 2 is 1.74 bits per heavy atom. The van der Waals surface area contributed by atoms with E-state index >= 15 is 0 Å². The lowest BCUT2D eigenvalue weighted by Gasteiger charge is -2.34. The van der Waals surface area contributed by atoms with Gasteiger partial charge in [0.2, 0.25) is 0 Å². The van der Waals surface area contributed by atoms with E-state index in [-0.39, 0.29) is 29.9 Å². The summed E-state index contributed by atoms with van der Waals surface area (Å²) in [7, 11) is 6.83. The molecule has 50 heavy (non-hydrogen) atoms. The molecule has 10 nitrogen and oxygen atoms in total. The highest BCUT2D eigenvalue weighted by atomic mass is 33.1. The van der Waals surface area contributed by atoms with Crippen molar-refractivity contribution in [3.05, 3.63) is 76.3 Å². The Hall–Kier alpha value is -3.13. The van der Waals surface area contributed by atoms with Gasteiger partial charge in [0.15, 0.2) is 11.5 Å². The molecule has 2 aliphatic heterocycles. The van der Waals surface area contributed by atoms with Crippen molar-refractivity contribution in [3.63, 3.8) is 0 Å². The number of aliphatic hydroxyl groups excluding tert-OH is 1. The van der Waals surface area contributed by atoms with Crippen molar-refractivity contribution < 1.29 is 33.6 Å². The first-order chi connectivity index (χ1) is 24.2. The fraction of sp³-hybridized carbons (Fsp3) is 0.500. The fourth-order valence-electron chi connectivity index (χ4n) is 6.52. The zero-order chi connectivity index (χ0) is 35.7. The molecule has 0 saturated carbocycles. The van der Waals surface area contributed by atoms with E-state index in [1.54, 1.807) is 31.1 Å². The number of hydrogen-bond donors (Lipinski definition) is 2. The van der Waals surface area contributed by atoms with Gasteiger partial charge in [-0.2, -0.15) is 0 Å². The van der Waals surface area contributed by atoms with Crippen LogP contribution in [0.3, 0.4) is 0 Å². The molecule has 0 unspecified atom stereocenters. The number of aliphatic hydroxyl groups is 1. The number of nitrogens with zero attached hydrogens (tertiary/aromatic N) is 2. The van der Waals surface area contributed by atoms with E-state index in [0.717, 1.165) is 41.2 Å². The van der Waals surface area contributed by atoms with Gasteiger partial charge in [0.05, 0.1) is 64.0 Å². The Kier molecular flexibility index (Phi) is 13.6. The highest BCUT2D eigenvalue weighted by Crippen LogP contribution is 2.41. The average Bonchev–Trinajstić information content (AvgIpc) is 3.40. The fourth-order valence-corrected chi connectivity index (χ4v) is 8.69. The molecule has 0 aliphatic carbocycles. The van der Waals surface area contributed by atoms with Gasteiger partial charge < -0.3 is 43.9 Å². The van der Waals surface area contributed by atoms with Crippen molar-refractivity contribution in [2.45, 2.75) is 51.2 Å². The number of anilines is 3. The van der Waals surface area contributed by atoms with E-state index in [1.807, 2.05) is 33.9 Å². The Morgan fingerprint density at radius 3 is 2.48 bits per heavy atom. The second-order valence-electron chi connectivity index (χ2n) is 13.2. The van der Waals surface area contributed by atoms with Crippen LogP contribution in [0, 0.1) is 6.92 Å². The van der Waals surface area contributed by atoms with E-state index in [9.17, 15) is 9.90 Å². The minimum Gasteiger partial charge on any atom is -0.493 e. The Balaban J connectivity index is 1.32. The standard InChI is InChI=1S/C38H51N3O7S2/c1-26-7-8-34-29(15-26)19-31-22-39-33-21-36(35(45-5)20-32(33)37(43)41(31)34)48-24-28-16-27(23-42)17-30(18-28)40(25-38(2,3)50-49-6)9-10-46-13-14-47-12-11-44-4/h7-8,15-18,20-21,31,39,42H,9-14,19,22-25H2,1-6H3/t31-/m0/s1. The number of benzene rings is 3. The summed E-state index contributed by atoms with van der Waals surface area (Å²) in [4.78, 5) is 18.2. The predicted octanol–water partition coefficient (Wildman–Crippen LogP) is 6.35. The second-order valence-corrected chi connectivity index (χ2v) is 16.3. The molecule has 3 aromatic carbocycles. The van der Waals surface area contributed by atoms with Crippen molar-refractivity contribution in [2.75, 3.05) is 88.3 Å². The molecule has 2 heterocycles. The molecule has 12 heteroatoms. The maximum Gasteiger partial charge on any atom is 0.260 e. The number of rotatable bonds is 19. The summed E-state index contributed by atoms with van der Waals surface area (Å²) < 4.78 is 28.6. The first kappa shape index (κ1) is 38.1. The molecule has 0 radical (unpaired) electrons. The first-order valence-electron chi connectivity index (χ1n) is 17.0. The molecule has 0 saturated heterocycles. The molecule has 1 amide bonds. The molecule has 1 atom stereocenters. The summed E-state index contributed by atoms with van der Waals surface area (Å²) in [5, 5.41) is 13.8. The molecule has 0 aromatic heterocycles. The quantitative estimate of drug-likeness (QED) is 0.107. The lowest BCUT2D eigenvalue weighted by molar-refractivity contribution is 0.0264. The van der Waals surface area contributed by atoms with Crippen LogP contribution in [0.25, 0.3) is 0 Å². The van der Waals surface area contributed by atoms with Crippen LogP contribution < -0.4 is 24.6 Å². The number of hydrogen-bond acceptors (Lipinski definition) is 11. The Labute approximate surface area is 304 Å². The van der Waals surface area contributed by atoms with Gasteiger partial charge in [-0.05, 0) is 80.5 Å². The summed E-state index contributed by atoms with van der Waals surface area (Å²) in [5.41, 5.74) is 7.34. The molecule has 2 N–H and O–H groups in total. The SMILES string of the molecule is COCCOCCOCCN(CC(C)(C)SSC)c1cc(CO)cc(COc2cc3c(cc2OC)C(=O)N2c4ccc(C)cc4C[C@H]2CN3)c1. The van der Waals surface area contributed by atoms with Gasteiger partial charge in [0.25, 0.3) is 5.91 Å². The van der Waals surface area contributed by atoms with E-state index in [1.165, 1.54) is 11.1 Å². The van der Waals surface area contributed by atoms with E-state index in [2.05, 4.69) is 61.5 Å². The third kappa shape index (κ3) is 9.59. The first-order valence-corrected chi connectivity index (χ1v) is 19.6. The number of fused-ring (bicyclic) bond motifs is 4. The van der Waals surface area contributed by atoms with Crippen molar-refractivity contribution in [1.82, 2.24) is 0 Å². The highest BCUT2D eigenvalue weighted by molar-refractivity contribution is 8.77. The summed E-state index contributed by atoms with van der Waals surface area (Å²) in [5.74, 6) is 0.976. The van der Waals surface area contributed by atoms with Gasteiger partial charge in [-0.25, -0.2) is 0 Å². The lowest BCUT2D eigenvalue weighted by Crippen LogP contribution is -2.39. The van der Waals surface area contributed by atoms with Crippen LogP contribution in [-0.4, -0.2) is 94.9 Å². The van der Waals surface area contributed by atoms with Crippen molar-refractivity contribution in [3.8, 4) is 11.5 Å². The largest absolute Gasteiger partial charge is 0.493 e. The molecular weight excluding hydrogens is 675 g/mol. The van der Waals surface area contributed by atoms with Gasteiger partial charge in [-0.15, -0.1) is 0 Å². The molecule has 5 rings (SSSR count). The maximum atomic E-state index is 13.9. The zero-order valence-electron chi connectivity index (χ0n) is 30.1.